The first-order chi connectivity index (χ1) is 9.00. The lowest BCUT2D eigenvalue weighted by Gasteiger charge is -2.38. The van der Waals surface area contributed by atoms with Gasteiger partial charge in [0.1, 0.15) is 0 Å². The Hall–Kier alpha value is -1.35. The lowest BCUT2D eigenvalue weighted by molar-refractivity contribution is 0.0583. The fourth-order valence-electron chi connectivity index (χ4n) is 2.88. The van der Waals surface area contributed by atoms with Gasteiger partial charge in [-0.05, 0) is 51.7 Å². The minimum Gasteiger partial charge on any atom is -0.334 e. The van der Waals surface area contributed by atoms with E-state index >= 15 is 0 Å². The van der Waals surface area contributed by atoms with Crippen LogP contribution in [0.25, 0.3) is 0 Å². The van der Waals surface area contributed by atoms with Crippen LogP contribution in [0.4, 0.5) is 0 Å². The van der Waals surface area contributed by atoms with Gasteiger partial charge in [0.15, 0.2) is 0 Å². The standard InChI is InChI=1S/C16H24N2O/c1-11-7-8-12(2)14(10-11)16(19)18-9-5-4-6-15(18)13(3)17/h7-8,10,13,15H,4-6,9,17H2,1-3H3. The van der Waals surface area contributed by atoms with Crippen LogP contribution in [0.3, 0.4) is 0 Å². The number of likely N-dealkylation sites (tertiary alicyclic amines) is 1. The van der Waals surface area contributed by atoms with Crippen molar-refractivity contribution in [2.75, 3.05) is 6.54 Å². The van der Waals surface area contributed by atoms with Crippen molar-refractivity contribution in [3.8, 4) is 0 Å². The van der Waals surface area contributed by atoms with Crippen LogP contribution in [0.1, 0.15) is 47.7 Å². The number of hydrogen-bond donors (Lipinski definition) is 1. The van der Waals surface area contributed by atoms with Gasteiger partial charge in [0.25, 0.3) is 5.91 Å². The number of carbonyl (C=O) groups is 1. The Kier molecular flexibility index (Phi) is 4.25. The largest absolute Gasteiger partial charge is 0.334 e. The second kappa shape index (κ2) is 5.74. The molecule has 1 aliphatic rings. The molecule has 0 bridgehead atoms. The second-order valence-corrected chi connectivity index (χ2v) is 5.74. The molecule has 1 fully saturated rings. The number of benzene rings is 1. The predicted octanol–water partition coefficient (Wildman–Crippen LogP) is 2.65. The molecule has 0 saturated carbocycles. The van der Waals surface area contributed by atoms with Gasteiger partial charge in [-0.2, -0.15) is 0 Å². The summed E-state index contributed by atoms with van der Waals surface area (Å²) in [6.45, 7) is 6.85. The Labute approximate surface area is 115 Å². The summed E-state index contributed by atoms with van der Waals surface area (Å²) in [7, 11) is 0. The summed E-state index contributed by atoms with van der Waals surface area (Å²) < 4.78 is 0. The van der Waals surface area contributed by atoms with E-state index in [1.54, 1.807) is 0 Å². The van der Waals surface area contributed by atoms with Crippen molar-refractivity contribution in [1.82, 2.24) is 4.90 Å². The minimum absolute atomic E-state index is 0.0364. The van der Waals surface area contributed by atoms with Crippen LogP contribution in [-0.4, -0.2) is 29.4 Å². The number of hydrogen-bond acceptors (Lipinski definition) is 2. The third kappa shape index (κ3) is 2.98. The zero-order chi connectivity index (χ0) is 14.0. The van der Waals surface area contributed by atoms with E-state index < -0.39 is 0 Å². The van der Waals surface area contributed by atoms with Crippen LogP contribution in [0.2, 0.25) is 0 Å². The predicted molar refractivity (Wildman–Crippen MR) is 78.2 cm³/mol. The Morgan fingerprint density at radius 1 is 1.37 bits per heavy atom. The number of nitrogens with two attached hydrogens (primary N) is 1. The zero-order valence-electron chi connectivity index (χ0n) is 12.1. The topological polar surface area (TPSA) is 46.3 Å². The molecule has 1 amide bonds. The first-order valence-electron chi connectivity index (χ1n) is 7.14. The van der Waals surface area contributed by atoms with Gasteiger partial charge in [0.05, 0.1) is 0 Å². The van der Waals surface area contributed by atoms with E-state index in [1.807, 2.05) is 43.9 Å². The van der Waals surface area contributed by atoms with Crippen molar-refractivity contribution in [2.45, 2.75) is 52.1 Å². The molecule has 3 nitrogen and oxygen atoms in total. The molecule has 1 heterocycles. The summed E-state index contributed by atoms with van der Waals surface area (Å²) in [6, 6.07) is 6.28. The Morgan fingerprint density at radius 3 is 2.79 bits per heavy atom. The van der Waals surface area contributed by atoms with Gasteiger partial charge in [-0.15, -0.1) is 0 Å². The van der Waals surface area contributed by atoms with Crippen LogP contribution in [0, 0.1) is 13.8 Å². The monoisotopic (exact) mass is 260 g/mol. The van der Waals surface area contributed by atoms with Gasteiger partial charge in [0, 0.05) is 24.2 Å². The summed E-state index contributed by atoms with van der Waals surface area (Å²) in [5.74, 6) is 0.142. The van der Waals surface area contributed by atoms with Crippen molar-refractivity contribution < 1.29 is 4.79 Å². The molecule has 1 aromatic rings. The van der Waals surface area contributed by atoms with E-state index in [1.165, 1.54) is 6.42 Å². The first-order valence-corrected chi connectivity index (χ1v) is 7.14. The maximum atomic E-state index is 12.8. The molecule has 0 aromatic heterocycles. The van der Waals surface area contributed by atoms with Gasteiger partial charge in [-0.1, -0.05) is 17.7 Å². The molecule has 0 radical (unpaired) electrons. The summed E-state index contributed by atoms with van der Waals surface area (Å²) >= 11 is 0. The lowest BCUT2D eigenvalue weighted by Crippen LogP contribution is -2.51. The second-order valence-electron chi connectivity index (χ2n) is 5.74. The number of amides is 1. The normalized spacial score (nSPS) is 21.3. The minimum atomic E-state index is 0.0364. The molecule has 0 aliphatic carbocycles. The van der Waals surface area contributed by atoms with Crippen molar-refractivity contribution in [1.29, 1.82) is 0 Å². The van der Waals surface area contributed by atoms with Crippen LogP contribution in [0.5, 0.6) is 0 Å². The van der Waals surface area contributed by atoms with Gasteiger partial charge >= 0.3 is 0 Å². The highest BCUT2D eigenvalue weighted by Crippen LogP contribution is 2.23. The maximum Gasteiger partial charge on any atom is 0.254 e. The van der Waals surface area contributed by atoms with E-state index in [0.29, 0.717) is 0 Å². The van der Waals surface area contributed by atoms with Crippen LogP contribution in [-0.2, 0) is 0 Å². The molecule has 19 heavy (non-hydrogen) atoms. The first kappa shape index (κ1) is 14.1. The zero-order valence-corrected chi connectivity index (χ0v) is 12.1. The molecule has 2 unspecified atom stereocenters. The van der Waals surface area contributed by atoms with E-state index in [4.69, 9.17) is 5.73 Å². The van der Waals surface area contributed by atoms with Crippen LogP contribution in [0.15, 0.2) is 18.2 Å². The van der Waals surface area contributed by atoms with Gasteiger partial charge in [0.2, 0.25) is 0 Å². The third-order valence-corrected chi connectivity index (χ3v) is 4.04. The molecular formula is C16H24N2O. The Bertz CT molecular complexity index is 468. The van der Waals surface area contributed by atoms with Gasteiger partial charge in [-0.3, -0.25) is 4.79 Å². The Morgan fingerprint density at radius 2 is 2.11 bits per heavy atom. The maximum absolute atomic E-state index is 12.8. The van der Waals surface area contributed by atoms with Crippen molar-refractivity contribution in [3.05, 3.63) is 34.9 Å². The molecule has 1 aliphatic heterocycles. The highest BCUT2D eigenvalue weighted by atomic mass is 16.2. The van der Waals surface area contributed by atoms with Crippen molar-refractivity contribution in [3.63, 3.8) is 0 Å². The Balaban J connectivity index is 2.28. The number of piperidine rings is 1. The molecule has 0 spiro atoms. The van der Waals surface area contributed by atoms with Crippen LogP contribution < -0.4 is 5.73 Å². The molecular weight excluding hydrogens is 236 g/mol. The SMILES string of the molecule is Cc1ccc(C)c(C(=O)N2CCCCC2C(C)N)c1. The van der Waals surface area contributed by atoms with Gasteiger partial charge in [-0.25, -0.2) is 0 Å². The summed E-state index contributed by atoms with van der Waals surface area (Å²) in [6.07, 6.45) is 3.27. The number of nitrogens with zero attached hydrogens (tertiary/aromatic N) is 1. The third-order valence-electron chi connectivity index (χ3n) is 4.04. The van der Waals surface area contributed by atoms with Gasteiger partial charge < -0.3 is 10.6 Å². The number of rotatable bonds is 2. The van der Waals surface area contributed by atoms with Crippen LogP contribution >= 0.6 is 0 Å². The summed E-state index contributed by atoms with van der Waals surface area (Å²) in [5, 5.41) is 0. The molecule has 2 N–H and O–H groups in total. The molecule has 1 saturated heterocycles. The van der Waals surface area contributed by atoms with Crippen molar-refractivity contribution >= 4 is 5.91 Å². The highest BCUT2D eigenvalue weighted by Gasteiger charge is 2.30. The fraction of sp³-hybridized carbons (Fsp3) is 0.562. The average molecular weight is 260 g/mol. The molecule has 1 aromatic carbocycles. The quantitative estimate of drug-likeness (QED) is 0.888. The lowest BCUT2D eigenvalue weighted by atomic mass is 9.95. The number of carbonyl (C=O) groups excluding carboxylic acids is 1. The molecule has 2 rings (SSSR count). The van der Waals surface area contributed by atoms with Crippen molar-refractivity contribution in [2.24, 2.45) is 5.73 Å². The van der Waals surface area contributed by atoms with E-state index in [-0.39, 0.29) is 18.0 Å². The smallest absolute Gasteiger partial charge is 0.254 e. The van der Waals surface area contributed by atoms with E-state index in [2.05, 4.69) is 0 Å². The molecule has 3 heteroatoms. The van der Waals surface area contributed by atoms with E-state index in [9.17, 15) is 4.79 Å². The average Bonchev–Trinajstić information content (AvgIpc) is 2.40. The number of aryl methyl sites for hydroxylation is 2. The molecule has 2 atom stereocenters. The summed E-state index contributed by atoms with van der Waals surface area (Å²) in [4.78, 5) is 14.7. The highest BCUT2D eigenvalue weighted by molar-refractivity contribution is 5.96. The summed E-state index contributed by atoms with van der Waals surface area (Å²) in [5.41, 5.74) is 9.05. The van der Waals surface area contributed by atoms with E-state index in [0.717, 1.165) is 36.1 Å². The molecule has 104 valence electrons. The fourth-order valence-corrected chi connectivity index (χ4v) is 2.88.